The lowest BCUT2D eigenvalue weighted by atomic mass is 10.1. The first-order chi connectivity index (χ1) is 11.2. The predicted molar refractivity (Wildman–Crippen MR) is 85.9 cm³/mol. The van der Waals surface area contributed by atoms with Crippen molar-refractivity contribution in [1.29, 1.82) is 0 Å². The summed E-state index contributed by atoms with van der Waals surface area (Å²) in [6.45, 7) is 3.12. The minimum Gasteiger partial charge on any atom is -0.497 e. The van der Waals surface area contributed by atoms with Gasteiger partial charge in [-0.05, 0) is 44.4 Å². The van der Waals surface area contributed by atoms with E-state index in [1.54, 1.807) is 7.11 Å². The third kappa shape index (κ3) is 2.30. The predicted octanol–water partition coefficient (Wildman–Crippen LogP) is 3.14. The molecule has 0 radical (unpaired) electrons. The number of nitrogens with zero attached hydrogens (tertiary/aromatic N) is 1. The van der Waals surface area contributed by atoms with E-state index < -0.39 is 0 Å². The molecule has 1 saturated heterocycles. The van der Waals surface area contributed by atoms with Crippen LogP contribution in [0.5, 0.6) is 5.75 Å². The molecule has 2 atom stereocenters. The van der Waals surface area contributed by atoms with Gasteiger partial charge in [-0.15, -0.1) is 0 Å². The number of methoxy groups -OCH3 is 1. The molecule has 0 N–H and O–H groups in total. The molecule has 1 saturated carbocycles. The van der Waals surface area contributed by atoms with Crippen molar-refractivity contribution in [3.05, 3.63) is 29.5 Å². The maximum Gasteiger partial charge on any atom is 0.258 e. The zero-order valence-electron chi connectivity index (χ0n) is 13.5. The van der Waals surface area contributed by atoms with Crippen LogP contribution in [0.1, 0.15) is 35.4 Å². The van der Waals surface area contributed by atoms with Crippen LogP contribution in [0.15, 0.2) is 22.6 Å². The fourth-order valence-corrected chi connectivity index (χ4v) is 3.91. The number of ether oxygens (including phenoxy) is 2. The van der Waals surface area contributed by atoms with E-state index in [9.17, 15) is 4.79 Å². The average molecular weight is 315 g/mol. The molecule has 1 aromatic heterocycles. The number of morpholine rings is 1. The van der Waals surface area contributed by atoms with Crippen molar-refractivity contribution in [1.82, 2.24) is 4.90 Å². The topological polar surface area (TPSA) is 51.9 Å². The molecular formula is C18H21NO4. The van der Waals surface area contributed by atoms with Crippen molar-refractivity contribution in [2.75, 3.05) is 20.3 Å². The summed E-state index contributed by atoms with van der Waals surface area (Å²) in [6.07, 6.45) is 3.39. The van der Waals surface area contributed by atoms with Gasteiger partial charge in [-0.2, -0.15) is 0 Å². The summed E-state index contributed by atoms with van der Waals surface area (Å²) in [5, 5.41) is 0.827. The summed E-state index contributed by atoms with van der Waals surface area (Å²) in [4.78, 5) is 15.2. The van der Waals surface area contributed by atoms with Crippen LogP contribution < -0.4 is 4.74 Å². The van der Waals surface area contributed by atoms with Crippen LogP contribution in [0.2, 0.25) is 0 Å². The molecule has 1 aliphatic carbocycles. The third-order valence-electron chi connectivity index (χ3n) is 5.03. The molecule has 0 unspecified atom stereocenters. The van der Waals surface area contributed by atoms with Gasteiger partial charge in [0.2, 0.25) is 0 Å². The molecule has 1 aliphatic heterocycles. The van der Waals surface area contributed by atoms with Gasteiger partial charge in [0.25, 0.3) is 5.91 Å². The highest BCUT2D eigenvalue weighted by Gasteiger charge is 2.39. The van der Waals surface area contributed by atoms with Crippen LogP contribution in [-0.2, 0) is 4.74 Å². The summed E-state index contributed by atoms with van der Waals surface area (Å²) in [5.41, 5.74) is 1.38. The number of hydrogen-bond donors (Lipinski definition) is 0. The van der Waals surface area contributed by atoms with Crippen molar-refractivity contribution >= 4 is 16.9 Å². The molecule has 23 heavy (non-hydrogen) atoms. The Morgan fingerprint density at radius 3 is 3.04 bits per heavy atom. The molecule has 0 spiro atoms. The minimum atomic E-state index is 0.0507. The lowest BCUT2D eigenvalue weighted by Crippen LogP contribution is -2.51. The number of carbonyl (C=O) groups excluding carboxylic acids is 1. The van der Waals surface area contributed by atoms with Gasteiger partial charge >= 0.3 is 0 Å². The van der Waals surface area contributed by atoms with Crippen LogP contribution in [0.25, 0.3) is 11.0 Å². The molecule has 2 aliphatic rings. The highest BCUT2D eigenvalue weighted by Crippen LogP contribution is 2.34. The second-order valence-electron chi connectivity index (χ2n) is 6.30. The molecule has 4 rings (SSSR count). The van der Waals surface area contributed by atoms with Crippen molar-refractivity contribution in [2.45, 2.75) is 38.3 Å². The summed E-state index contributed by atoms with van der Waals surface area (Å²) in [7, 11) is 1.63. The summed E-state index contributed by atoms with van der Waals surface area (Å²) < 4.78 is 16.9. The smallest absolute Gasteiger partial charge is 0.258 e. The van der Waals surface area contributed by atoms with Gasteiger partial charge in [-0.25, -0.2) is 0 Å². The Hall–Kier alpha value is -2.01. The zero-order valence-corrected chi connectivity index (χ0v) is 13.5. The van der Waals surface area contributed by atoms with Gasteiger partial charge < -0.3 is 18.8 Å². The SMILES string of the molecule is COc1ccc2oc(C)c(C(=O)N3CCO[C@@H]4CCC[C@@H]43)c2c1. The van der Waals surface area contributed by atoms with E-state index in [1.165, 1.54) is 0 Å². The van der Waals surface area contributed by atoms with Gasteiger partial charge in [0.1, 0.15) is 17.1 Å². The van der Waals surface area contributed by atoms with E-state index in [-0.39, 0.29) is 18.1 Å². The molecule has 2 heterocycles. The molecule has 2 fully saturated rings. The Morgan fingerprint density at radius 1 is 1.35 bits per heavy atom. The number of furan rings is 1. The van der Waals surface area contributed by atoms with Gasteiger partial charge in [0.05, 0.1) is 31.4 Å². The van der Waals surface area contributed by atoms with Crippen molar-refractivity contribution in [3.63, 3.8) is 0 Å². The van der Waals surface area contributed by atoms with Gasteiger partial charge in [-0.1, -0.05) is 0 Å². The van der Waals surface area contributed by atoms with E-state index >= 15 is 0 Å². The molecule has 5 nitrogen and oxygen atoms in total. The lowest BCUT2D eigenvalue weighted by Gasteiger charge is -2.37. The Bertz CT molecular complexity index is 751. The van der Waals surface area contributed by atoms with Crippen LogP contribution in [0.3, 0.4) is 0 Å². The largest absolute Gasteiger partial charge is 0.497 e. The Labute approximate surface area is 135 Å². The number of carbonyl (C=O) groups is 1. The Morgan fingerprint density at radius 2 is 2.22 bits per heavy atom. The summed E-state index contributed by atoms with van der Waals surface area (Å²) >= 11 is 0. The van der Waals surface area contributed by atoms with E-state index in [0.717, 1.165) is 36.0 Å². The highest BCUT2D eigenvalue weighted by atomic mass is 16.5. The monoisotopic (exact) mass is 315 g/mol. The second-order valence-corrected chi connectivity index (χ2v) is 6.30. The lowest BCUT2D eigenvalue weighted by molar-refractivity contribution is -0.0445. The molecule has 0 bridgehead atoms. The van der Waals surface area contributed by atoms with Gasteiger partial charge in [0, 0.05) is 11.9 Å². The molecule has 122 valence electrons. The Kier molecular flexibility index (Phi) is 3.53. The number of fused-ring (bicyclic) bond motifs is 2. The first-order valence-corrected chi connectivity index (χ1v) is 8.19. The van der Waals surface area contributed by atoms with E-state index in [0.29, 0.717) is 24.5 Å². The highest BCUT2D eigenvalue weighted by molar-refractivity contribution is 6.07. The first-order valence-electron chi connectivity index (χ1n) is 8.19. The number of benzene rings is 1. The van der Waals surface area contributed by atoms with Gasteiger partial charge in [-0.3, -0.25) is 4.79 Å². The van der Waals surface area contributed by atoms with Gasteiger partial charge in [0.15, 0.2) is 0 Å². The van der Waals surface area contributed by atoms with E-state index in [1.807, 2.05) is 30.0 Å². The van der Waals surface area contributed by atoms with Crippen molar-refractivity contribution in [2.24, 2.45) is 0 Å². The molecule has 5 heteroatoms. The summed E-state index contributed by atoms with van der Waals surface area (Å²) in [5.74, 6) is 1.45. The first kappa shape index (κ1) is 14.6. The van der Waals surface area contributed by atoms with E-state index in [2.05, 4.69) is 0 Å². The van der Waals surface area contributed by atoms with Crippen molar-refractivity contribution in [3.8, 4) is 5.75 Å². The maximum atomic E-state index is 13.2. The number of hydrogen-bond acceptors (Lipinski definition) is 4. The molecule has 1 aromatic carbocycles. The fourth-order valence-electron chi connectivity index (χ4n) is 3.91. The third-order valence-corrected chi connectivity index (χ3v) is 5.03. The van der Waals surface area contributed by atoms with Crippen molar-refractivity contribution < 1.29 is 18.7 Å². The van der Waals surface area contributed by atoms with E-state index in [4.69, 9.17) is 13.9 Å². The zero-order chi connectivity index (χ0) is 16.0. The van der Waals surface area contributed by atoms with Crippen LogP contribution in [0, 0.1) is 6.92 Å². The molecule has 1 amide bonds. The van der Waals surface area contributed by atoms with Crippen LogP contribution in [0.4, 0.5) is 0 Å². The fraction of sp³-hybridized carbons (Fsp3) is 0.500. The van der Waals surface area contributed by atoms with Crippen LogP contribution in [-0.4, -0.2) is 43.2 Å². The quantitative estimate of drug-likeness (QED) is 0.854. The standard InChI is InChI=1S/C18H21NO4/c1-11-17(13-10-12(21-2)6-7-15(13)23-11)18(20)19-8-9-22-16-5-3-4-14(16)19/h6-7,10,14,16H,3-5,8-9H2,1-2H3/t14-,16+/m0/s1. The second kappa shape index (κ2) is 5.57. The van der Waals surface area contributed by atoms with Crippen LogP contribution >= 0.6 is 0 Å². The molecule has 2 aromatic rings. The maximum absolute atomic E-state index is 13.2. The number of rotatable bonds is 2. The molecular weight excluding hydrogens is 294 g/mol. The number of aryl methyl sites for hydroxylation is 1. The summed E-state index contributed by atoms with van der Waals surface area (Å²) in [6, 6.07) is 5.79. The normalized spacial score (nSPS) is 24.0. The minimum absolute atomic E-state index is 0.0507. The Balaban J connectivity index is 1.75. The number of amides is 1. The average Bonchev–Trinajstić information content (AvgIpc) is 3.16.